The SMILES string of the molecule is CC(C)CN(C)c1cc(C(F)(F)F)ncc1N. The van der Waals surface area contributed by atoms with Gasteiger partial charge in [0.05, 0.1) is 17.6 Å². The Morgan fingerprint density at radius 1 is 1.41 bits per heavy atom. The van der Waals surface area contributed by atoms with E-state index in [1.807, 2.05) is 13.8 Å². The zero-order chi connectivity index (χ0) is 13.2. The molecule has 0 fully saturated rings. The molecule has 0 bridgehead atoms. The Hall–Kier alpha value is -1.46. The fraction of sp³-hybridized carbons (Fsp3) is 0.545. The molecule has 0 saturated heterocycles. The van der Waals surface area contributed by atoms with Crippen LogP contribution >= 0.6 is 0 Å². The summed E-state index contributed by atoms with van der Waals surface area (Å²) < 4.78 is 37.5. The van der Waals surface area contributed by atoms with Gasteiger partial charge >= 0.3 is 6.18 Å². The highest BCUT2D eigenvalue weighted by molar-refractivity contribution is 5.66. The highest BCUT2D eigenvalue weighted by atomic mass is 19.4. The van der Waals surface area contributed by atoms with Crippen molar-refractivity contribution in [2.45, 2.75) is 20.0 Å². The Balaban J connectivity index is 3.06. The lowest BCUT2D eigenvalue weighted by molar-refractivity contribution is -0.141. The summed E-state index contributed by atoms with van der Waals surface area (Å²) in [4.78, 5) is 5.00. The van der Waals surface area contributed by atoms with Crippen LogP contribution in [0.2, 0.25) is 0 Å². The molecule has 0 radical (unpaired) electrons. The van der Waals surface area contributed by atoms with E-state index in [0.717, 1.165) is 12.3 Å². The molecule has 0 aromatic carbocycles. The molecule has 3 nitrogen and oxygen atoms in total. The third kappa shape index (κ3) is 3.51. The summed E-state index contributed by atoms with van der Waals surface area (Å²) in [5.74, 6) is 0.335. The van der Waals surface area contributed by atoms with E-state index < -0.39 is 11.9 Å². The van der Waals surface area contributed by atoms with Gasteiger partial charge in [-0.2, -0.15) is 13.2 Å². The summed E-state index contributed by atoms with van der Waals surface area (Å²) >= 11 is 0. The van der Waals surface area contributed by atoms with E-state index >= 15 is 0 Å². The van der Waals surface area contributed by atoms with Gasteiger partial charge in [-0.25, -0.2) is 4.98 Å². The molecule has 17 heavy (non-hydrogen) atoms. The first-order chi connectivity index (χ1) is 7.71. The lowest BCUT2D eigenvalue weighted by Crippen LogP contribution is -2.24. The zero-order valence-electron chi connectivity index (χ0n) is 10.0. The molecular formula is C11H16F3N3. The summed E-state index contributed by atoms with van der Waals surface area (Å²) in [5, 5.41) is 0. The Kier molecular flexibility index (Phi) is 3.85. The summed E-state index contributed by atoms with van der Waals surface area (Å²) in [6.45, 7) is 4.60. The van der Waals surface area contributed by atoms with Crippen LogP contribution in [0, 0.1) is 5.92 Å². The zero-order valence-corrected chi connectivity index (χ0v) is 10.0. The van der Waals surface area contributed by atoms with Crippen LogP contribution in [0.15, 0.2) is 12.3 Å². The quantitative estimate of drug-likeness (QED) is 0.893. The number of nitrogen functional groups attached to an aromatic ring is 1. The van der Waals surface area contributed by atoms with Crippen LogP contribution in [0.5, 0.6) is 0 Å². The topological polar surface area (TPSA) is 42.2 Å². The number of aromatic nitrogens is 1. The maximum atomic E-state index is 12.5. The number of rotatable bonds is 3. The Morgan fingerprint density at radius 3 is 2.47 bits per heavy atom. The van der Waals surface area contributed by atoms with Crippen LogP contribution in [0.4, 0.5) is 24.5 Å². The number of nitrogens with two attached hydrogens (primary N) is 1. The highest BCUT2D eigenvalue weighted by Gasteiger charge is 2.33. The van der Waals surface area contributed by atoms with Crippen molar-refractivity contribution < 1.29 is 13.2 Å². The highest BCUT2D eigenvalue weighted by Crippen LogP contribution is 2.32. The molecule has 6 heteroatoms. The van der Waals surface area contributed by atoms with Gasteiger partial charge in [0, 0.05) is 13.6 Å². The van der Waals surface area contributed by atoms with E-state index in [0.29, 0.717) is 18.2 Å². The second kappa shape index (κ2) is 4.81. The third-order valence-electron chi connectivity index (χ3n) is 2.25. The summed E-state index contributed by atoms with van der Waals surface area (Å²) in [6.07, 6.45) is -3.39. The van der Waals surface area contributed by atoms with Crippen molar-refractivity contribution in [2.75, 3.05) is 24.2 Å². The number of anilines is 2. The Bertz CT molecular complexity index is 388. The number of nitrogens with zero attached hydrogens (tertiary/aromatic N) is 2. The smallest absolute Gasteiger partial charge is 0.396 e. The lowest BCUT2D eigenvalue weighted by Gasteiger charge is -2.23. The lowest BCUT2D eigenvalue weighted by atomic mass is 10.2. The molecule has 0 unspecified atom stereocenters. The van der Waals surface area contributed by atoms with E-state index in [4.69, 9.17) is 5.73 Å². The first-order valence-electron chi connectivity index (χ1n) is 5.25. The minimum Gasteiger partial charge on any atom is -0.396 e. The Morgan fingerprint density at radius 2 is 2.00 bits per heavy atom. The number of pyridine rings is 1. The van der Waals surface area contributed by atoms with Gasteiger partial charge in [0.25, 0.3) is 0 Å². The van der Waals surface area contributed by atoms with Crippen molar-refractivity contribution in [3.63, 3.8) is 0 Å². The molecule has 0 aliphatic rings. The van der Waals surface area contributed by atoms with E-state index in [9.17, 15) is 13.2 Å². The van der Waals surface area contributed by atoms with Crippen molar-refractivity contribution in [2.24, 2.45) is 5.92 Å². The molecule has 1 aromatic heterocycles. The van der Waals surface area contributed by atoms with Crippen molar-refractivity contribution in [3.8, 4) is 0 Å². The third-order valence-corrected chi connectivity index (χ3v) is 2.25. The average molecular weight is 247 g/mol. The van der Waals surface area contributed by atoms with Gasteiger partial charge in [0.2, 0.25) is 0 Å². The first-order valence-corrected chi connectivity index (χ1v) is 5.25. The van der Waals surface area contributed by atoms with Crippen LogP contribution in [-0.2, 0) is 6.18 Å². The van der Waals surface area contributed by atoms with Crippen molar-refractivity contribution in [1.29, 1.82) is 0 Å². The number of halogens is 3. The largest absolute Gasteiger partial charge is 0.433 e. The number of hydrogen-bond donors (Lipinski definition) is 1. The van der Waals surface area contributed by atoms with E-state index in [2.05, 4.69) is 4.98 Å². The van der Waals surface area contributed by atoms with Gasteiger partial charge in [-0.15, -0.1) is 0 Å². The Labute approximate surface area is 98.4 Å². The second-order valence-electron chi connectivity index (χ2n) is 4.40. The fourth-order valence-electron chi connectivity index (χ4n) is 1.59. The second-order valence-corrected chi connectivity index (χ2v) is 4.40. The normalized spacial score (nSPS) is 11.9. The predicted molar refractivity (Wildman–Crippen MR) is 61.8 cm³/mol. The number of alkyl halides is 3. The molecule has 1 rings (SSSR count). The van der Waals surface area contributed by atoms with Crippen LogP contribution in [0.1, 0.15) is 19.5 Å². The molecule has 0 saturated carbocycles. The maximum absolute atomic E-state index is 12.5. The maximum Gasteiger partial charge on any atom is 0.433 e. The van der Waals surface area contributed by atoms with Gasteiger partial charge in [0.1, 0.15) is 5.69 Å². The molecule has 0 aliphatic carbocycles. The molecule has 0 aliphatic heterocycles. The summed E-state index contributed by atoms with van der Waals surface area (Å²) in [5.41, 5.74) is 5.33. The fourth-order valence-corrected chi connectivity index (χ4v) is 1.59. The standard InChI is InChI=1S/C11H16F3N3/c1-7(2)6-17(3)9-4-10(11(12,13)14)16-5-8(9)15/h4-5,7H,6,15H2,1-3H3. The van der Waals surface area contributed by atoms with E-state index in [1.165, 1.54) is 0 Å². The predicted octanol–water partition coefficient (Wildman–Crippen LogP) is 2.77. The molecule has 1 aromatic rings. The molecule has 0 amide bonds. The van der Waals surface area contributed by atoms with Gasteiger partial charge < -0.3 is 10.6 Å². The summed E-state index contributed by atoms with van der Waals surface area (Å²) in [6, 6.07) is 0.984. The van der Waals surface area contributed by atoms with Crippen molar-refractivity contribution in [1.82, 2.24) is 4.98 Å². The monoisotopic (exact) mass is 247 g/mol. The molecule has 96 valence electrons. The van der Waals surface area contributed by atoms with Crippen molar-refractivity contribution in [3.05, 3.63) is 18.0 Å². The van der Waals surface area contributed by atoms with Crippen LogP contribution in [0.25, 0.3) is 0 Å². The van der Waals surface area contributed by atoms with Gasteiger partial charge in [-0.3, -0.25) is 0 Å². The van der Waals surface area contributed by atoms with E-state index in [1.54, 1.807) is 11.9 Å². The van der Waals surface area contributed by atoms with Crippen LogP contribution in [-0.4, -0.2) is 18.6 Å². The first kappa shape index (κ1) is 13.6. The molecule has 2 N–H and O–H groups in total. The van der Waals surface area contributed by atoms with Crippen LogP contribution in [0.3, 0.4) is 0 Å². The average Bonchev–Trinajstić information content (AvgIpc) is 2.15. The minimum atomic E-state index is -4.44. The number of hydrogen-bond acceptors (Lipinski definition) is 3. The molecule has 1 heterocycles. The van der Waals surface area contributed by atoms with Crippen LogP contribution < -0.4 is 10.6 Å². The van der Waals surface area contributed by atoms with E-state index in [-0.39, 0.29) is 5.69 Å². The molecular weight excluding hydrogens is 231 g/mol. The molecule has 0 spiro atoms. The summed E-state index contributed by atoms with van der Waals surface area (Å²) in [7, 11) is 1.71. The molecule has 0 atom stereocenters. The van der Waals surface area contributed by atoms with Crippen molar-refractivity contribution >= 4 is 11.4 Å². The van der Waals surface area contributed by atoms with Gasteiger partial charge in [-0.1, -0.05) is 13.8 Å². The minimum absolute atomic E-state index is 0.251. The van der Waals surface area contributed by atoms with Gasteiger partial charge in [0.15, 0.2) is 0 Å². The van der Waals surface area contributed by atoms with Gasteiger partial charge in [-0.05, 0) is 12.0 Å².